The third-order valence-corrected chi connectivity index (χ3v) is 4.77. The van der Waals surface area contributed by atoms with Crippen LogP contribution in [0.25, 0.3) is 0 Å². The summed E-state index contributed by atoms with van der Waals surface area (Å²) in [5.41, 5.74) is 0.673. The molecule has 24 heavy (non-hydrogen) atoms. The zero-order valence-corrected chi connectivity index (χ0v) is 16.2. The zero-order chi connectivity index (χ0) is 17.7. The Morgan fingerprint density at radius 3 is 2.67 bits per heavy atom. The van der Waals surface area contributed by atoms with E-state index in [1.807, 2.05) is 19.0 Å². The van der Waals surface area contributed by atoms with Crippen molar-refractivity contribution >= 4 is 45.2 Å². The second-order valence-corrected chi connectivity index (χ2v) is 7.31. The molecule has 0 spiro atoms. The normalized spacial score (nSPS) is 11.0. The Bertz CT molecular complexity index is 719. The van der Waals surface area contributed by atoms with E-state index in [0.717, 1.165) is 30.6 Å². The molecule has 0 atom stereocenters. The van der Waals surface area contributed by atoms with Crippen LogP contribution in [0.2, 0.25) is 5.02 Å². The summed E-state index contributed by atoms with van der Waals surface area (Å²) in [5, 5.41) is 0.491. The Morgan fingerprint density at radius 2 is 1.96 bits per heavy atom. The van der Waals surface area contributed by atoms with Crippen molar-refractivity contribution in [3.63, 3.8) is 0 Å². The van der Waals surface area contributed by atoms with Gasteiger partial charge in [0.25, 0.3) is 0 Å². The minimum Gasteiger partial charge on any atom is -0.491 e. The van der Waals surface area contributed by atoms with Crippen LogP contribution in [0, 0.1) is 11.6 Å². The van der Waals surface area contributed by atoms with Gasteiger partial charge in [0.2, 0.25) is 0 Å². The maximum absolute atomic E-state index is 13.8. The highest BCUT2D eigenvalue weighted by molar-refractivity contribution is 9.10. The van der Waals surface area contributed by atoms with Gasteiger partial charge >= 0.3 is 0 Å². The summed E-state index contributed by atoms with van der Waals surface area (Å²) in [5.74, 6) is -0.506. The monoisotopic (exact) mass is 436 g/mol. The van der Waals surface area contributed by atoms with E-state index < -0.39 is 11.6 Å². The molecule has 2 aromatic rings. The summed E-state index contributed by atoms with van der Waals surface area (Å²) in [6, 6.07) is 7.37. The van der Waals surface area contributed by atoms with Crippen LogP contribution in [-0.2, 0) is 0 Å². The summed E-state index contributed by atoms with van der Waals surface area (Å²) in [6.07, 6.45) is 0. The maximum atomic E-state index is 13.8. The first kappa shape index (κ1) is 19.3. The van der Waals surface area contributed by atoms with Crippen LogP contribution < -0.4 is 9.46 Å². The molecular formula is C16H16BrClF2N2OS. The van der Waals surface area contributed by atoms with Crippen molar-refractivity contribution in [2.45, 2.75) is 4.90 Å². The second kappa shape index (κ2) is 8.89. The fraction of sp³-hybridized carbons (Fsp3) is 0.250. The number of nitrogens with one attached hydrogen (secondary N) is 1. The smallest absolute Gasteiger partial charge is 0.140 e. The molecule has 0 bridgehead atoms. The predicted octanol–water partition coefficient (Wildman–Crippen LogP) is 5.44. The Hall–Kier alpha value is -1.02. The Morgan fingerprint density at radius 1 is 1.21 bits per heavy atom. The van der Waals surface area contributed by atoms with Gasteiger partial charge < -0.3 is 14.4 Å². The van der Waals surface area contributed by atoms with Gasteiger partial charge in [-0.05, 0) is 66.2 Å². The summed E-state index contributed by atoms with van der Waals surface area (Å²) in [4.78, 5) is 2.15. The summed E-state index contributed by atoms with van der Waals surface area (Å²) >= 11 is 10.0. The number of anilines is 1. The Labute approximate surface area is 157 Å². The van der Waals surface area contributed by atoms with Crippen LogP contribution in [0.5, 0.6) is 5.75 Å². The fourth-order valence-corrected chi connectivity index (χ4v) is 2.87. The molecule has 0 saturated carbocycles. The van der Waals surface area contributed by atoms with Gasteiger partial charge in [-0.1, -0.05) is 11.6 Å². The van der Waals surface area contributed by atoms with Crippen LogP contribution in [-0.4, -0.2) is 32.1 Å². The van der Waals surface area contributed by atoms with Crippen LogP contribution in [0.3, 0.4) is 0 Å². The number of hydrogen-bond donors (Lipinski definition) is 1. The first-order valence-electron chi connectivity index (χ1n) is 7.01. The average molecular weight is 438 g/mol. The fourth-order valence-electron chi connectivity index (χ4n) is 1.71. The molecule has 0 aromatic heterocycles. The second-order valence-electron chi connectivity index (χ2n) is 5.20. The van der Waals surface area contributed by atoms with E-state index in [-0.39, 0.29) is 9.37 Å². The summed E-state index contributed by atoms with van der Waals surface area (Å²) < 4.78 is 36.0. The molecule has 2 rings (SSSR count). The molecular weight excluding hydrogens is 422 g/mol. The summed E-state index contributed by atoms with van der Waals surface area (Å²) in [6.45, 7) is 1.25. The van der Waals surface area contributed by atoms with Gasteiger partial charge in [-0.3, -0.25) is 0 Å². The molecule has 0 aliphatic heterocycles. The minimum absolute atomic E-state index is 0.0902. The number of halogens is 4. The predicted molar refractivity (Wildman–Crippen MR) is 99.0 cm³/mol. The number of likely N-dealkylation sites (N-methyl/N-ethyl adjacent to an activating group) is 1. The lowest BCUT2D eigenvalue weighted by atomic mass is 10.3. The molecule has 0 radical (unpaired) electrons. The van der Waals surface area contributed by atoms with Crippen LogP contribution in [0.15, 0.2) is 39.7 Å². The number of hydrogen-bond acceptors (Lipinski definition) is 4. The molecule has 0 heterocycles. The molecule has 0 saturated heterocycles. The van der Waals surface area contributed by atoms with Gasteiger partial charge in [-0.15, -0.1) is 0 Å². The number of benzene rings is 2. The van der Waals surface area contributed by atoms with Crippen LogP contribution in [0.4, 0.5) is 14.5 Å². The largest absolute Gasteiger partial charge is 0.491 e. The van der Waals surface area contributed by atoms with E-state index in [4.69, 9.17) is 16.3 Å². The van der Waals surface area contributed by atoms with Crippen LogP contribution >= 0.6 is 39.5 Å². The van der Waals surface area contributed by atoms with Crippen molar-refractivity contribution in [3.8, 4) is 5.75 Å². The lowest BCUT2D eigenvalue weighted by Crippen LogP contribution is -2.19. The van der Waals surface area contributed by atoms with Gasteiger partial charge in [-0.2, -0.15) is 0 Å². The molecule has 0 aliphatic rings. The molecule has 0 amide bonds. The van der Waals surface area contributed by atoms with Crippen molar-refractivity contribution in [2.24, 2.45) is 0 Å². The molecule has 1 N–H and O–H groups in total. The standard InChI is InChI=1S/C16H16BrClF2N2OS/c1-22(2)5-6-23-15-7-10(3-4-12(15)18)21-24-16-9-13(19)11(17)8-14(16)20/h3-4,7-9,21H,5-6H2,1-2H3. The van der Waals surface area contributed by atoms with Gasteiger partial charge in [0.1, 0.15) is 24.0 Å². The van der Waals surface area contributed by atoms with Gasteiger partial charge in [0.15, 0.2) is 0 Å². The van der Waals surface area contributed by atoms with E-state index in [9.17, 15) is 8.78 Å². The topological polar surface area (TPSA) is 24.5 Å². The zero-order valence-electron chi connectivity index (χ0n) is 13.1. The molecule has 0 fully saturated rings. The minimum atomic E-state index is -0.524. The highest BCUT2D eigenvalue weighted by atomic mass is 79.9. The van der Waals surface area contributed by atoms with Crippen molar-refractivity contribution in [1.29, 1.82) is 0 Å². The molecule has 0 aliphatic carbocycles. The van der Waals surface area contributed by atoms with E-state index in [2.05, 4.69) is 20.7 Å². The van der Waals surface area contributed by atoms with E-state index in [0.29, 0.717) is 23.1 Å². The third kappa shape index (κ3) is 5.51. The Balaban J connectivity index is 2.04. The SMILES string of the molecule is CN(C)CCOc1cc(NSc2cc(F)c(Br)cc2F)ccc1Cl. The van der Waals surface area contributed by atoms with Crippen molar-refractivity contribution in [3.05, 3.63) is 51.5 Å². The highest BCUT2D eigenvalue weighted by Gasteiger charge is 2.10. The molecule has 2 aromatic carbocycles. The van der Waals surface area contributed by atoms with Gasteiger partial charge in [0, 0.05) is 18.3 Å². The number of nitrogens with zero attached hydrogens (tertiary/aromatic N) is 1. The Kier molecular flexibility index (Phi) is 7.16. The van der Waals surface area contributed by atoms with Crippen LogP contribution in [0.1, 0.15) is 0 Å². The van der Waals surface area contributed by atoms with Gasteiger partial charge in [-0.25, -0.2) is 8.78 Å². The van der Waals surface area contributed by atoms with Crippen molar-refractivity contribution < 1.29 is 13.5 Å². The average Bonchev–Trinajstić information content (AvgIpc) is 2.52. The third-order valence-electron chi connectivity index (χ3n) is 2.98. The lowest BCUT2D eigenvalue weighted by Gasteiger charge is -2.13. The quantitative estimate of drug-likeness (QED) is 0.460. The molecule has 130 valence electrons. The molecule has 3 nitrogen and oxygen atoms in total. The van der Waals surface area contributed by atoms with E-state index in [1.54, 1.807) is 18.2 Å². The molecule has 0 unspecified atom stereocenters. The van der Waals surface area contributed by atoms with Crippen molar-refractivity contribution in [2.75, 3.05) is 32.0 Å². The highest BCUT2D eigenvalue weighted by Crippen LogP contribution is 2.32. The van der Waals surface area contributed by atoms with Gasteiger partial charge in [0.05, 0.1) is 14.4 Å². The first-order chi connectivity index (χ1) is 11.4. The summed E-state index contributed by atoms with van der Waals surface area (Å²) in [7, 11) is 3.90. The first-order valence-corrected chi connectivity index (χ1v) is 9.00. The van der Waals surface area contributed by atoms with E-state index in [1.165, 1.54) is 0 Å². The van der Waals surface area contributed by atoms with Crippen molar-refractivity contribution in [1.82, 2.24) is 4.90 Å². The maximum Gasteiger partial charge on any atom is 0.140 e. The lowest BCUT2D eigenvalue weighted by molar-refractivity contribution is 0.261. The number of rotatable bonds is 7. The molecule has 8 heteroatoms. The van der Waals surface area contributed by atoms with E-state index >= 15 is 0 Å². The number of ether oxygens (including phenoxy) is 1.